The maximum absolute atomic E-state index is 10.5. The van der Waals surface area contributed by atoms with Gasteiger partial charge < -0.3 is 0 Å². The molecule has 0 spiro atoms. The Balaban J connectivity index is 1.30. The first-order valence-corrected chi connectivity index (χ1v) is 15.0. The fourth-order valence-electron chi connectivity index (χ4n) is 12.5. The van der Waals surface area contributed by atoms with Gasteiger partial charge in [-0.2, -0.15) is 0 Å². The average Bonchev–Trinajstić information content (AvgIpc) is 2.82. The van der Waals surface area contributed by atoms with Crippen molar-refractivity contribution in [1.29, 1.82) is 0 Å². The number of hydrogen-bond acceptors (Lipinski definition) is 4. The van der Waals surface area contributed by atoms with Crippen molar-refractivity contribution in [3.8, 4) is 0 Å². The van der Waals surface area contributed by atoms with Crippen molar-refractivity contribution in [2.45, 2.75) is 117 Å². The predicted octanol–water partition coefficient (Wildman–Crippen LogP) is 7.68. The summed E-state index contributed by atoms with van der Waals surface area (Å²) >= 11 is 0. The summed E-state index contributed by atoms with van der Waals surface area (Å²) in [6.07, 6.45) is 15.3. The zero-order valence-electron chi connectivity index (χ0n) is 22.1. The van der Waals surface area contributed by atoms with Crippen molar-refractivity contribution in [2.75, 3.05) is 0 Å². The maximum Gasteiger partial charge on any atom is 0.102 e. The molecule has 0 aromatic carbocycles. The third-order valence-corrected chi connectivity index (χ3v) is 13.6. The molecule has 34 heavy (non-hydrogen) atoms. The first-order chi connectivity index (χ1) is 16.4. The molecule has 0 amide bonds. The van der Waals surface area contributed by atoms with Gasteiger partial charge in [0.15, 0.2) is 0 Å². The highest BCUT2D eigenvalue weighted by molar-refractivity contribution is 5.12. The zero-order valence-corrected chi connectivity index (χ0v) is 22.1. The molecule has 2 N–H and O–H groups in total. The van der Waals surface area contributed by atoms with Gasteiger partial charge in [0.25, 0.3) is 0 Å². The summed E-state index contributed by atoms with van der Waals surface area (Å²) in [4.78, 5) is 11.2. The van der Waals surface area contributed by atoms with Crippen molar-refractivity contribution in [2.24, 2.45) is 70.0 Å². The van der Waals surface area contributed by atoms with Crippen LogP contribution in [0.5, 0.6) is 0 Å². The third kappa shape index (κ3) is 3.16. The Morgan fingerprint density at radius 1 is 0.559 bits per heavy atom. The van der Waals surface area contributed by atoms with Crippen LogP contribution in [-0.4, -0.2) is 22.7 Å². The van der Waals surface area contributed by atoms with Crippen LogP contribution in [0.4, 0.5) is 0 Å². The average molecular weight is 475 g/mol. The zero-order chi connectivity index (χ0) is 23.8. The standard InChI is InChI=1S/C30H50O4/c1-5-29(23-9-19-7-20(11-23)12-24(29)10-19)27(33-31)17(3)18(4)28(34-32)30(6-2)25-13-21-8-22(15-25)16-26(30)14-21/h17-28,31-32H,5-16H2,1-4H3. The summed E-state index contributed by atoms with van der Waals surface area (Å²) in [6, 6.07) is 0. The van der Waals surface area contributed by atoms with E-state index in [0.717, 1.165) is 36.5 Å². The molecule has 0 saturated heterocycles. The lowest BCUT2D eigenvalue weighted by Crippen LogP contribution is -2.63. The Kier molecular flexibility index (Phi) is 6.19. The Hall–Kier alpha value is -0.160. The third-order valence-electron chi connectivity index (χ3n) is 13.6. The van der Waals surface area contributed by atoms with Crippen LogP contribution in [0.3, 0.4) is 0 Å². The molecule has 194 valence electrons. The molecule has 4 nitrogen and oxygen atoms in total. The molecule has 0 aromatic rings. The minimum Gasteiger partial charge on any atom is -0.252 e. The number of hydrogen-bond donors (Lipinski definition) is 2. The second kappa shape index (κ2) is 8.71. The summed E-state index contributed by atoms with van der Waals surface area (Å²) < 4.78 is 0. The van der Waals surface area contributed by atoms with Gasteiger partial charge in [0.1, 0.15) is 12.2 Å². The van der Waals surface area contributed by atoms with Crippen molar-refractivity contribution in [3.05, 3.63) is 0 Å². The van der Waals surface area contributed by atoms with Crippen LogP contribution in [0.2, 0.25) is 0 Å². The molecule has 0 heterocycles. The highest BCUT2D eigenvalue weighted by Crippen LogP contribution is 2.68. The molecule has 4 atom stereocenters. The van der Waals surface area contributed by atoms with Gasteiger partial charge in [-0.15, -0.1) is 0 Å². The van der Waals surface area contributed by atoms with E-state index in [9.17, 15) is 10.5 Å². The van der Waals surface area contributed by atoms with Gasteiger partial charge in [0.05, 0.1) is 0 Å². The van der Waals surface area contributed by atoms with Crippen LogP contribution in [0.25, 0.3) is 0 Å². The molecular formula is C30H50O4. The van der Waals surface area contributed by atoms with E-state index in [1.54, 1.807) is 0 Å². The first kappa shape index (κ1) is 24.2. The minimum atomic E-state index is -0.175. The fourth-order valence-corrected chi connectivity index (χ4v) is 12.5. The summed E-state index contributed by atoms with van der Waals surface area (Å²) in [5.74, 6) is 6.59. The second-order valence-corrected chi connectivity index (χ2v) is 14.3. The molecule has 8 rings (SSSR count). The maximum atomic E-state index is 10.5. The van der Waals surface area contributed by atoms with Gasteiger partial charge in [0.2, 0.25) is 0 Å². The predicted molar refractivity (Wildman–Crippen MR) is 133 cm³/mol. The quantitative estimate of drug-likeness (QED) is 0.266. The largest absolute Gasteiger partial charge is 0.252 e. The van der Waals surface area contributed by atoms with Crippen molar-refractivity contribution in [3.63, 3.8) is 0 Å². The lowest BCUT2D eigenvalue weighted by Gasteiger charge is -2.65. The Morgan fingerprint density at radius 3 is 1.03 bits per heavy atom. The van der Waals surface area contributed by atoms with Crippen molar-refractivity contribution in [1.82, 2.24) is 0 Å². The fraction of sp³-hybridized carbons (Fsp3) is 1.00. The van der Waals surface area contributed by atoms with E-state index >= 15 is 0 Å². The molecule has 8 bridgehead atoms. The molecule has 4 heteroatoms. The van der Waals surface area contributed by atoms with Gasteiger partial charge in [-0.05, 0) is 136 Å². The molecule has 8 fully saturated rings. The summed E-state index contributed by atoms with van der Waals surface area (Å²) in [5, 5.41) is 21.0. The monoisotopic (exact) mass is 474 g/mol. The van der Waals surface area contributed by atoms with E-state index in [4.69, 9.17) is 9.78 Å². The molecule has 8 aliphatic rings. The van der Waals surface area contributed by atoms with Gasteiger partial charge in [0, 0.05) is 10.8 Å². The SMILES string of the molecule is CCC1(C(OO)C(C)C(C)C(OO)C2(CC)C3CC4CC(C3)CC2C4)C2CC3CC(C2)CC1C3. The lowest BCUT2D eigenvalue weighted by atomic mass is 9.40. The first-order valence-electron chi connectivity index (χ1n) is 15.0. The van der Waals surface area contributed by atoms with Crippen LogP contribution in [0, 0.1) is 70.0 Å². The summed E-state index contributed by atoms with van der Waals surface area (Å²) in [5.41, 5.74) is 0.137. The van der Waals surface area contributed by atoms with Gasteiger partial charge in [-0.25, -0.2) is 9.78 Å². The summed E-state index contributed by atoms with van der Waals surface area (Å²) in [6.45, 7) is 9.27. The number of rotatable bonds is 9. The van der Waals surface area contributed by atoms with Gasteiger partial charge in [-0.3, -0.25) is 10.5 Å². The van der Waals surface area contributed by atoms with Crippen LogP contribution >= 0.6 is 0 Å². The minimum absolute atomic E-state index is 0.0687. The highest BCUT2D eigenvalue weighted by Gasteiger charge is 2.64. The van der Waals surface area contributed by atoms with Gasteiger partial charge >= 0.3 is 0 Å². The van der Waals surface area contributed by atoms with E-state index in [2.05, 4.69) is 27.7 Å². The Labute approximate surface area is 207 Å². The Morgan fingerprint density at radius 2 is 0.824 bits per heavy atom. The van der Waals surface area contributed by atoms with Crippen LogP contribution in [0.1, 0.15) is 105 Å². The van der Waals surface area contributed by atoms with E-state index < -0.39 is 0 Å². The molecule has 0 aliphatic heterocycles. The normalized spacial score (nSPS) is 52.1. The Bertz CT molecular complexity index is 630. The molecule has 8 saturated carbocycles. The van der Waals surface area contributed by atoms with E-state index in [1.165, 1.54) is 64.2 Å². The molecule has 4 unspecified atom stereocenters. The molecular weight excluding hydrogens is 424 g/mol. The van der Waals surface area contributed by atoms with E-state index in [0.29, 0.717) is 23.7 Å². The van der Waals surface area contributed by atoms with Crippen LogP contribution < -0.4 is 0 Å². The van der Waals surface area contributed by atoms with Crippen molar-refractivity contribution >= 4 is 0 Å². The van der Waals surface area contributed by atoms with Crippen LogP contribution in [0.15, 0.2) is 0 Å². The smallest absolute Gasteiger partial charge is 0.102 e. The van der Waals surface area contributed by atoms with E-state index in [-0.39, 0.29) is 34.9 Å². The second-order valence-electron chi connectivity index (χ2n) is 14.3. The topological polar surface area (TPSA) is 58.9 Å². The molecule has 0 radical (unpaired) electrons. The summed E-state index contributed by atoms with van der Waals surface area (Å²) in [7, 11) is 0. The van der Waals surface area contributed by atoms with Crippen LogP contribution in [-0.2, 0) is 9.78 Å². The van der Waals surface area contributed by atoms with Gasteiger partial charge in [-0.1, -0.05) is 27.7 Å². The van der Waals surface area contributed by atoms with E-state index in [1.807, 2.05) is 0 Å². The highest BCUT2D eigenvalue weighted by atomic mass is 17.1. The van der Waals surface area contributed by atoms with Crippen molar-refractivity contribution < 1.29 is 20.3 Å². The molecule has 0 aromatic heterocycles. The lowest BCUT2D eigenvalue weighted by molar-refractivity contribution is -0.368. The molecule has 8 aliphatic carbocycles.